The zero-order chi connectivity index (χ0) is 16.9. The van der Waals surface area contributed by atoms with Crippen LogP contribution in [0.2, 0.25) is 0 Å². The van der Waals surface area contributed by atoms with Gasteiger partial charge in [0.25, 0.3) is 5.56 Å². The molecular weight excluding hydrogens is 288 g/mol. The molecule has 0 saturated carbocycles. The average Bonchev–Trinajstić information content (AvgIpc) is 2.48. The molecule has 0 fully saturated rings. The number of aromatic amines is 1. The first kappa shape index (κ1) is 17.3. The maximum atomic E-state index is 12.0. The van der Waals surface area contributed by atoms with E-state index in [2.05, 4.69) is 31.1 Å². The van der Waals surface area contributed by atoms with Crippen molar-refractivity contribution < 1.29 is 4.79 Å². The minimum absolute atomic E-state index is 0.00599. The molecule has 0 radical (unpaired) electrons. The summed E-state index contributed by atoms with van der Waals surface area (Å²) in [5, 5.41) is 3.92. The van der Waals surface area contributed by atoms with E-state index in [1.165, 1.54) is 0 Å². The van der Waals surface area contributed by atoms with Gasteiger partial charge in [0.2, 0.25) is 5.91 Å². The number of H-pyrrole nitrogens is 1. The summed E-state index contributed by atoms with van der Waals surface area (Å²) in [6.45, 7) is 7.28. The van der Waals surface area contributed by atoms with Crippen molar-refractivity contribution in [3.05, 3.63) is 46.2 Å². The molecule has 2 aromatic rings. The summed E-state index contributed by atoms with van der Waals surface area (Å²) < 4.78 is 0. The van der Waals surface area contributed by atoms with Gasteiger partial charge >= 0.3 is 0 Å². The Hall–Kier alpha value is -2.10. The summed E-state index contributed by atoms with van der Waals surface area (Å²) in [4.78, 5) is 26.8. The molecule has 124 valence electrons. The Morgan fingerprint density at radius 3 is 2.70 bits per heavy atom. The van der Waals surface area contributed by atoms with E-state index in [0.29, 0.717) is 30.4 Å². The molecule has 0 aliphatic heterocycles. The van der Waals surface area contributed by atoms with Crippen molar-refractivity contribution in [2.75, 3.05) is 6.54 Å². The molecule has 1 aromatic heterocycles. The molecule has 1 amide bonds. The van der Waals surface area contributed by atoms with Crippen molar-refractivity contribution in [2.45, 2.75) is 46.5 Å². The molecule has 0 aliphatic rings. The summed E-state index contributed by atoms with van der Waals surface area (Å²) in [5.74, 6) is 0.00599. The molecule has 4 heteroatoms. The molecule has 1 heterocycles. The van der Waals surface area contributed by atoms with Gasteiger partial charge in [-0.05, 0) is 42.2 Å². The van der Waals surface area contributed by atoms with Gasteiger partial charge in [-0.2, -0.15) is 0 Å². The third kappa shape index (κ3) is 5.55. The second-order valence-corrected chi connectivity index (χ2v) is 7.23. The summed E-state index contributed by atoms with van der Waals surface area (Å²) >= 11 is 0. The summed E-state index contributed by atoms with van der Waals surface area (Å²) in [5.41, 5.74) is 1.67. The highest BCUT2D eigenvalue weighted by atomic mass is 16.1. The van der Waals surface area contributed by atoms with Crippen LogP contribution in [-0.2, 0) is 11.2 Å². The standard InChI is InChI=1S/C19H26N2O2/c1-19(2,3)11-6-12-20-17(22)10-9-15-13-14-7-4-5-8-16(14)21-18(15)23/h4-5,7-8,13H,6,9-12H2,1-3H3,(H,20,22)(H,21,23). The van der Waals surface area contributed by atoms with E-state index in [1.807, 2.05) is 30.3 Å². The first-order valence-corrected chi connectivity index (χ1v) is 8.23. The number of fused-ring (bicyclic) bond motifs is 1. The Labute approximate surface area is 137 Å². The maximum absolute atomic E-state index is 12.0. The van der Waals surface area contributed by atoms with Gasteiger partial charge < -0.3 is 10.3 Å². The van der Waals surface area contributed by atoms with Gasteiger partial charge in [-0.15, -0.1) is 0 Å². The van der Waals surface area contributed by atoms with E-state index in [9.17, 15) is 9.59 Å². The van der Waals surface area contributed by atoms with Crippen molar-refractivity contribution in [1.29, 1.82) is 0 Å². The zero-order valence-corrected chi connectivity index (χ0v) is 14.2. The van der Waals surface area contributed by atoms with Crippen LogP contribution in [0.15, 0.2) is 35.1 Å². The number of hydrogen-bond acceptors (Lipinski definition) is 2. The summed E-state index contributed by atoms with van der Waals surface area (Å²) in [7, 11) is 0. The third-order valence-electron chi connectivity index (χ3n) is 3.88. The summed E-state index contributed by atoms with van der Waals surface area (Å²) in [6.07, 6.45) is 2.87. The lowest BCUT2D eigenvalue weighted by Gasteiger charge is -2.17. The fraction of sp³-hybridized carbons (Fsp3) is 0.474. The van der Waals surface area contributed by atoms with Crippen molar-refractivity contribution in [1.82, 2.24) is 10.3 Å². The third-order valence-corrected chi connectivity index (χ3v) is 3.88. The molecular formula is C19H26N2O2. The molecule has 4 nitrogen and oxygen atoms in total. The number of benzene rings is 1. The molecule has 0 unspecified atom stereocenters. The Morgan fingerprint density at radius 1 is 1.22 bits per heavy atom. The molecule has 2 rings (SSSR count). The largest absolute Gasteiger partial charge is 0.356 e. The number of nitrogens with one attached hydrogen (secondary N) is 2. The minimum Gasteiger partial charge on any atom is -0.356 e. The van der Waals surface area contributed by atoms with Gasteiger partial charge in [0.15, 0.2) is 0 Å². The molecule has 0 aliphatic carbocycles. The number of carbonyl (C=O) groups excluding carboxylic acids is 1. The Kier molecular flexibility index (Phi) is 5.59. The number of aromatic nitrogens is 1. The highest BCUT2D eigenvalue weighted by molar-refractivity contribution is 5.79. The first-order valence-electron chi connectivity index (χ1n) is 8.23. The van der Waals surface area contributed by atoms with Crippen LogP contribution >= 0.6 is 0 Å². The molecule has 1 aromatic carbocycles. The molecule has 0 spiro atoms. The Balaban J connectivity index is 1.85. The van der Waals surface area contributed by atoms with Crippen LogP contribution in [0.3, 0.4) is 0 Å². The number of rotatable bonds is 6. The van der Waals surface area contributed by atoms with Crippen molar-refractivity contribution in [2.24, 2.45) is 5.41 Å². The fourth-order valence-corrected chi connectivity index (χ4v) is 2.56. The number of hydrogen-bond donors (Lipinski definition) is 2. The lowest BCUT2D eigenvalue weighted by atomic mass is 9.91. The smallest absolute Gasteiger partial charge is 0.251 e. The number of para-hydroxylation sites is 1. The van der Waals surface area contributed by atoms with Gasteiger partial charge in [0, 0.05) is 24.0 Å². The normalized spacial score (nSPS) is 11.6. The van der Waals surface area contributed by atoms with Gasteiger partial charge in [-0.3, -0.25) is 9.59 Å². The van der Waals surface area contributed by atoms with Crippen LogP contribution in [0, 0.1) is 5.41 Å². The second-order valence-electron chi connectivity index (χ2n) is 7.23. The first-order chi connectivity index (χ1) is 10.8. The highest BCUT2D eigenvalue weighted by Crippen LogP contribution is 2.19. The van der Waals surface area contributed by atoms with Crippen LogP contribution in [0.1, 0.15) is 45.6 Å². The SMILES string of the molecule is CC(C)(C)CCCNC(=O)CCc1cc2ccccc2[nH]c1=O. The molecule has 2 N–H and O–H groups in total. The monoisotopic (exact) mass is 314 g/mol. The van der Waals surface area contributed by atoms with E-state index < -0.39 is 0 Å². The van der Waals surface area contributed by atoms with Crippen LogP contribution in [0.25, 0.3) is 10.9 Å². The molecule has 0 bridgehead atoms. The Morgan fingerprint density at radius 2 is 1.96 bits per heavy atom. The van der Waals surface area contributed by atoms with Gasteiger partial charge in [-0.1, -0.05) is 39.0 Å². The summed E-state index contributed by atoms with van der Waals surface area (Å²) in [6, 6.07) is 9.54. The van der Waals surface area contributed by atoms with E-state index in [-0.39, 0.29) is 11.5 Å². The van der Waals surface area contributed by atoms with Gasteiger partial charge in [-0.25, -0.2) is 0 Å². The van der Waals surface area contributed by atoms with Crippen molar-refractivity contribution in [3.63, 3.8) is 0 Å². The topological polar surface area (TPSA) is 62.0 Å². The Bertz CT molecular complexity index is 726. The maximum Gasteiger partial charge on any atom is 0.251 e. The predicted octanol–water partition coefficient (Wildman–Crippen LogP) is 3.40. The lowest BCUT2D eigenvalue weighted by molar-refractivity contribution is -0.121. The van der Waals surface area contributed by atoms with E-state index in [0.717, 1.165) is 23.7 Å². The van der Waals surface area contributed by atoms with E-state index in [1.54, 1.807) is 0 Å². The highest BCUT2D eigenvalue weighted by Gasteiger charge is 2.10. The fourth-order valence-electron chi connectivity index (χ4n) is 2.56. The van der Waals surface area contributed by atoms with Crippen molar-refractivity contribution in [3.8, 4) is 0 Å². The van der Waals surface area contributed by atoms with E-state index >= 15 is 0 Å². The van der Waals surface area contributed by atoms with Gasteiger partial charge in [0.1, 0.15) is 0 Å². The molecule has 0 atom stereocenters. The average molecular weight is 314 g/mol. The zero-order valence-electron chi connectivity index (χ0n) is 14.2. The van der Waals surface area contributed by atoms with Crippen LogP contribution < -0.4 is 10.9 Å². The number of amides is 1. The number of carbonyl (C=O) groups is 1. The number of pyridine rings is 1. The van der Waals surface area contributed by atoms with Gasteiger partial charge in [0.05, 0.1) is 0 Å². The molecule has 23 heavy (non-hydrogen) atoms. The predicted molar refractivity (Wildman–Crippen MR) is 94.6 cm³/mol. The van der Waals surface area contributed by atoms with Crippen LogP contribution in [0.5, 0.6) is 0 Å². The van der Waals surface area contributed by atoms with Crippen LogP contribution in [-0.4, -0.2) is 17.4 Å². The quantitative estimate of drug-likeness (QED) is 0.803. The van der Waals surface area contributed by atoms with Crippen LogP contribution in [0.4, 0.5) is 0 Å². The lowest BCUT2D eigenvalue weighted by Crippen LogP contribution is -2.26. The number of aryl methyl sites for hydroxylation is 1. The minimum atomic E-state index is -0.107. The van der Waals surface area contributed by atoms with E-state index in [4.69, 9.17) is 0 Å². The molecule has 0 saturated heterocycles. The van der Waals surface area contributed by atoms with Crippen molar-refractivity contribution >= 4 is 16.8 Å². The second kappa shape index (κ2) is 7.44.